The van der Waals surface area contributed by atoms with E-state index in [1.54, 1.807) is 0 Å². The number of nitrogens with one attached hydrogen (secondary N) is 2. The molecule has 1 heterocycles. The molecule has 4 aliphatic carbocycles. The number of hydrogen-bond acceptors (Lipinski definition) is 4. The second-order valence-corrected chi connectivity index (χ2v) is 10.7. The highest BCUT2D eigenvalue weighted by atomic mass is 35.5. The normalized spacial score (nSPS) is 32.2. The van der Waals surface area contributed by atoms with E-state index >= 15 is 0 Å². The van der Waals surface area contributed by atoms with Crippen LogP contribution in [0.4, 0.5) is 5.13 Å². The molecule has 2 N–H and O–H groups in total. The highest BCUT2D eigenvalue weighted by molar-refractivity contribution is 7.14. The van der Waals surface area contributed by atoms with Crippen molar-refractivity contribution < 1.29 is 9.59 Å². The van der Waals surface area contributed by atoms with E-state index in [0.29, 0.717) is 17.0 Å². The first-order valence-corrected chi connectivity index (χ1v) is 11.5. The van der Waals surface area contributed by atoms with Crippen molar-refractivity contribution in [2.24, 2.45) is 17.3 Å². The first kappa shape index (κ1) is 19.1. The summed E-state index contributed by atoms with van der Waals surface area (Å²) in [5, 5.41) is 8.13. The molecular formula is C22H24ClN3O2S. The van der Waals surface area contributed by atoms with Gasteiger partial charge in [0.25, 0.3) is 0 Å². The van der Waals surface area contributed by atoms with Crippen LogP contribution in [0.1, 0.15) is 38.5 Å². The Balaban J connectivity index is 1.18. The number of aromatic nitrogens is 1. The van der Waals surface area contributed by atoms with Gasteiger partial charge in [-0.2, -0.15) is 0 Å². The number of rotatable bonds is 5. The Morgan fingerprint density at radius 1 is 1.14 bits per heavy atom. The third kappa shape index (κ3) is 3.68. The van der Waals surface area contributed by atoms with Gasteiger partial charge in [-0.05, 0) is 50.4 Å². The van der Waals surface area contributed by atoms with Crippen LogP contribution in [0, 0.1) is 17.3 Å². The zero-order valence-corrected chi connectivity index (χ0v) is 17.7. The number of hydrogen-bond donors (Lipinski definition) is 2. The topological polar surface area (TPSA) is 71.1 Å². The highest BCUT2D eigenvalue weighted by Gasteiger charge is 2.60. The van der Waals surface area contributed by atoms with Gasteiger partial charge in [-0.15, -0.1) is 22.9 Å². The van der Waals surface area contributed by atoms with Crippen molar-refractivity contribution in [2.75, 3.05) is 11.9 Å². The van der Waals surface area contributed by atoms with Crippen LogP contribution < -0.4 is 10.6 Å². The Kier molecular flexibility index (Phi) is 4.67. The average molecular weight is 430 g/mol. The van der Waals surface area contributed by atoms with Crippen LogP contribution in [0.25, 0.3) is 11.3 Å². The minimum absolute atomic E-state index is 0.00381. The maximum Gasteiger partial charge on any atom is 0.245 e. The largest absolute Gasteiger partial charge is 0.347 e. The molecule has 4 aliphatic rings. The van der Waals surface area contributed by atoms with Crippen LogP contribution in [-0.4, -0.2) is 28.2 Å². The Hall–Kier alpha value is -1.92. The van der Waals surface area contributed by atoms with E-state index in [1.807, 2.05) is 35.7 Å². The number of halogens is 1. The van der Waals surface area contributed by atoms with Crippen LogP contribution in [0.2, 0.25) is 0 Å². The predicted octanol–water partition coefficient (Wildman–Crippen LogP) is 4.44. The van der Waals surface area contributed by atoms with Gasteiger partial charge in [0.1, 0.15) is 0 Å². The van der Waals surface area contributed by atoms with Crippen LogP contribution in [0.3, 0.4) is 0 Å². The molecule has 2 atom stereocenters. The SMILES string of the molecule is O=C(CNC(=O)C12C[C@H]3C[C@@H](CC(Cl)(C3)C1)C2)Nc1nc(-c2ccccc2)cs1. The standard InChI is InChI=1S/C22H24ClN3O2S/c23-22-9-14-6-15(10-22)8-21(7-14,13-22)19(28)24-11-18(27)26-20-25-17(12-29-20)16-4-2-1-3-5-16/h1-5,12,14-15H,6-11,13H2,(H,24,28)(H,25,26,27)/t14-,15-,21?,22?/m1/s1. The number of carbonyl (C=O) groups excluding carboxylic acids is 2. The number of benzene rings is 1. The summed E-state index contributed by atoms with van der Waals surface area (Å²) in [5.41, 5.74) is 1.46. The van der Waals surface area contributed by atoms with Gasteiger partial charge >= 0.3 is 0 Å². The van der Waals surface area contributed by atoms with Crippen molar-refractivity contribution in [2.45, 2.75) is 43.4 Å². The summed E-state index contributed by atoms with van der Waals surface area (Å²) >= 11 is 8.20. The lowest BCUT2D eigenvalue weighted by molar-refractivity contribution is -0.145. The fourth-order valence-electron chi connectivity index (χ4n) is 6.00. The van der Waals surface area contributed by atoms with E-state index < -0.39 is 0 Å². The molecular weight excluding hydrogens is 406 g/mol. The predicted molar refractivity (Wildman–Crippen MR) is 115 cm³/mol. The van der Waals surface area contributed by atoms with Gasteiger partial charge < -0.3 is 10.6 Å². The number of carbonyl (C=O) groups is 2. The van der Waals surface area contributed by atoms with Gasteiger partial charge in [0.2, 0.25) is 11.8 Å². The summed E-state index contributed by atoms with van der Waals surface area (Å²) < 4.78 is 0. The van der Waals surface area contributed by atoms with Gasteiger partial charge in [-0.1, -0.05) is 30.3 Å². The highest BCUT2D eigenvalue weighted by Crippen LogP contribution is 2.63. The lowest BCUT2D eigenvalue weighted by Crippen LogP contribution is -2.58. The number of thiazole rings is 1. The monoisotopic (exact) mass is 429 g/mol. The molecule has 4 fully saturated rings. The molecule has 2 aromatic rings. The molecule has 0 radical (unpaired) electrons. The molecule has 0 unspecified atom stereocenters. The molecule has 0 saturated heterocycles. The lowest BCUT2D eigenvalue weighted by Gasteiger charge is -2.59. The van der Waals surface area contributed by atoms with Crippen molar-refractivity contribution in [1.82, 2.24) is 10.3 Å². The molecule has 4 bridgehead atoms. The van der Waals surface area contributed by atoms with E-state index in [9.17, 15) is 9.59 Å². The first-order chi connectivity index (χ1) is 13.9. The summed E-state index contributed by atoms with van der Waals surface area (Å²) in [6.07, 6.45) is 5.85. The van der Waals surface area contributed by atoms with Crippen molar-refractivity contribution in [3.63, 3.8) is 0 Å². The molecule has 7 heteroatoms. The minimum atomic E-state index is -0.381. The number of alkyl halides is 1. The third-order valence-electron chi connectivity index (χ3n) is 6.70. The Bertz CT molecular complexity index is 931. The molecule has 0 spiro atoms. The van der Waals surface area contributed by atoms with Gasteiger partial charge in [0.15, 0.2) is 5.13 Å². The smallest absolute Gasteiger partial charge is 0.245 e. The van der Waals surface area contributed by atoms with E-state index in [4.69, 9.17) is 11.6 Å². The van der Waals surface area contributed by atoms with E-state index in [0.717, 1.165) is 43.4 Å². The van der Waals surface area contributed by atoms with Gasteiger partial charge in [-0.3, -0.25) is 9.59 Å². The van der Waals surface area contributed by atoms with Crippen LogP contribution in [0.15, 0.2) is 35.7 Å². The van der Waals surface area contributed by atoms with Gasteiger partial charge in [0.05, 0.1) is 17.7 Å². The molecule has 29 heavy (non-hydrogen) atoms. The van der Waals surface area contributed by atoms with Crippen LogP contribution in [0.5, 0.6) is 0 Å². The first-order valence-electron chi connectivity index (χ1n) is 10.2. The van der Waals surface area contributed by atoms with Crippen molar-refractivity contribution in [3.05, 3.63) is 35.7 Å². The third-order valence-corrected chi connectivity index (χ3v) is 7.90. The maximum absolute atomic E-state index is 13.0. The number of amides is 2. The number of anilines is 1. The minimum Gasteiger partial charge on any atom is -0.347 e. The Morgan fingerprint density at radius 2 is 1.86 bits per heavy atom. The van der Waals surface area contributed by atoms with Crippen LogP contribution >= 0.6 is 22.9 Å². The summed E-state index contributed by atoms with van der Waals surface area (Å²) in [7, 11) is 0. The summed E-state index contributed by atoms with van der Waals surface area (Å²) in [6, 6.07) is 9.83. The molecule has 6 rings (SSSR count). The zero-order chi connectivity index (χ0) is 20.1. The maximum atomic E-state index is 13.0. The van der Waals surface area contributed by atoms with Gasteiger partial charge in [0, 0.05) is 15.8 Å². The molecule has 1 aromatic carbocycles. The van der Waals surface area contributed by atoms with E-state index in [-0.39, 0.29) is 28.6 Å². The Morgan fingerprint density at radius 3 is 2.55 bits per heavy atom. The summed E-state index contributed by atoms with van der Waals surface area (Å²) in [4.78, 5) is 29.6. The zero-order valence-electron chi connectivity index (χ0n) is 16.1. The number of nitrogens with zero attached hydrogens (tertiary/aromatic N) is 1. The fraction of sp³-hybridized carbons (Fsp3) is 0.500. The second kappa shape index (κ2) is 7.10. The molecule has 1 aromatic heterocycles. The summed E-state index contributed by atoms with van der Waals surface area (Å²) in [6.45, 7) is -0.0363. The Labute approximate surface area is 179 Å². The quantitative estimate of drug-likeness (QED) is 0.690. The lowest BCUT2D eigenvalue weighted by atomic mass is 9.49. The van der Waals surface area contributed by atoms with Gasteiger partial charge in [-0.25, -0.2) is 4.98 Å². The molecule has 0 aliphatic heterocycles. The van der Waals surface area contributed by atoms with Crippen molar-refractivity contribution in [3.8, 4) is 11.3 Å². The summed E-state index contributed by atoms with van der Waals surface area (Å²) in [5.74, 6) is 0.855. The van der Waals surface area contributed by atoms with E-state index in [1.165, 1.54) is 17.8 Å². The average Bonchev–Trinajstić information content (AvgIpc) is 3.13. The van der Waals surface area contributed by atoms with Crippen molar-refractivity contribution >= 4 is 39.9 Å². The molecule has 2 amide bonds. The molecule has 152 valence electrons. The fourth-order valence-corrected chi connectivity index (χ4v) is 7.43. The van der Waals surface area contributed by atoms with Crippen molar-refractivity contribution in [1.29, 1.82) is 0 Å². The van der Waals surface area contributed by atoms with E-state index in [2.05, 4.69) is 15.6 Å². The second-order valence-electron chi connectivity index (χ2n) is 9.03. The molecule has 5 nitrogen and oxygen atoms in total. The molecule has 4 saturated carbocycles. The van der Waals surface area contributed by atoms with Crippen LogP contribution in [-0.2, 0) is 9.59 Å².